The molecular weight excluding hydrogens is 284 g/mol. The lowest BCUT2D eigenvalue weighted by atomic mass is 9.88. The Morgan fingerprint density at radius 2 is 1.86 bits per heavy atom. The van der Waals surface area contributed by atoms with Crippen molar-refractivity contribution in [2.45, 2.75) is 18.4 Å². The van der Waals surface area contributed by atoms with Gasteiger partial charge in [-0.1, -0.05) is 0 Å². The van der Waals surface area contributed by atoms with E-state index in [1.54, 1.807) is 24.3 Å². The van der Waals surface area contributed by atoms with Gasteiger partial charge in [-0.05, 0) is 50.2 Å². The van der Waals surface area contributed by atoms with E-state index in [1.807, 2.05) is 0 Å². The van der Waals surface area contributed by atoms with Crippen LogP contribution in [0.25, 0.3) is 0 Å². The van der Waals surface area contributed by atoms with E-state index in [0.717, 1.165) is 13.1 Å². The second-order valence-electron chi connectivity index (χ2n) is 5.64. The molecule has 1 aromatic rings. The SMILES string of the molecule is Nc1ccc(OCCN2C(=O)NC3(CCNCC3)C2=O)cc1. The van der Waals surface area contributed by atoms with Crippen LogP contribution in [0.3, 0.4) is 0 Å². The van der Waals surface area contributed by atoms with E-state index in [-0.39, 0.29) is 25.1 Å². The summed E-state index contributed by atoms with van der Waals surface area (Å²) >= 11 is 0. The largest absolute Gasteiger partial charge is 0.492 e. The van der Waals surface area contributed by atoms with E-state index in [9.17, 15) is 9.59 Å². The number of nitrogens with one attached hydrogen (secondary N) is 2. The molecule has 0 aromatic heterocycles. The molecular formula is C15H20N4O3. The molecule has 2 saturated heterocycles. The summed E-state index contributed by atoms with van der Waals surface area (Å²) in [7, 11) is 0. The first-order valence-electron chi connectivity index (χ1n) is 7.44. The topological polar surface area (TPSA) is 96.7 Å². The normalized spacial score (nSPS) is 20.3. The number of nitrogens with zero attached hydrogens (tertiary/aromatic N) is 1. The number of piperidine rings is 1. The maximum Gasteiger partial charge on any atom is 0.325 e. The number of rotatable bonds is 4. The average molecular weight is 304 g/mol. The Morgan fingerprint density at radius 1 is 1.18 bits per heavy atom. The summed E-state index contributed by atoms with van der Waals surface area (Å²) in [5.74, 6) is 0.526. The highest BCUT2D eigenvalue weighted by Crippen LogP contribution is 2.26. The number of carbonyl (C=O) groups excluding carboxylic acids is 2. The Morgan fingerprint density at radius 3 is 2.55 bits per heavy atom. The Labute approximate surface area is 128 Å². The van der Waals surface area contributed by atoms with Gasteiger partial charge in [-0.3, -0.25) is 9.69 Å². The quantitative estimate of drug-likeness (QED) is 0.550. The van der Waals surface area contributed by atoms with Crippen molar-refractivity contribution in [1.82, 2.24) is 15.5 Å². The van der Waals surface area contributed by atoms with Gasteiger partial charge in [-0.15, -0.1) is 0 Å². The molecule has 7 nitrogen and oxygen atoms in total. The molecule has 2 aliphatic rings. The summed E-state index contributed by atoms with van der Waals surface area (Å²) in [6, 6.07) is 6.68. The van der Waals surface area contributed by atoms with E-state index >= 15 is 0 Å². The van der Waals surface area contributed by atoms with Crippen LogP contribution in [-0.2, 0) is 4.79 Å². The molecule has 2 heterocycles. The Bertz CT molecular complexity index is 567. The number of hydrogen-bond acceptors (Lipinski definition) is 5. The Balaban J connectivity index is 1.57. The van der Waals surface area contributed by atoms with Gasteiger partial charge in [-0.2, -0.15) is 0 Å². The third kappa shape index (κ3) is 2.71. The number of ether oxygens (including phenoxy) is 1. The summed E-state index contributed by atoms with van der Waals surface area (Å²) in [5, 5.41) is 6.05. The molecule has 2 aliphatic heterocycles. The summed E-state index contributed by atoms with van der Waals surface area (Å²) in [6.45, 7) is 1.98. The van der Waals surface area contributed by atoms with Crippen molar-refractivity contribution in [3.8, 4) is 5.75 Å². The van der Waals surface area contributed by atoms with Crippen LogP contribution in [0.5, 0.6) is 5.75 Å². The maximum atomic E-state index is 12.5. The van der Waals surface area contributed by atoms with Crippen molar-refractivity contribution >= 4 is 17.6 Å². The van der Waals surface area contributed by atoms with Gasteiger partial charge in [0.2, 0.25) is 0 Å². The summed E-state index contributed by atoms with van der Waals surface area (Å²) < 4.78 is 5.55. The van der Waals surface area contributed by atoms with Gasteiger partial charge in [0.1, 0.15) is 17.9 Å². The minimum atomic E-state index is -0.719. The lowest BCUT2D eigenvalue weighted by molar-refractivity contribution is -0.132. The zero-order chi connectivity index (χ0) is 15.6. The van der Waals surface area contributed by atoms with Gasteiger partial charge in [0.05, 0.1) is 6.54 Å². The fourth-order valence-corrected chi connectivity index (χ4v) is 2.89. The highest BCUT2D eigenvalue weighted by atomic mass is 16.5. The third-order valence-electron chi connectivity index (χ3n) is 4.17. The molecule has 118 valence electrons. The monoisotopic (exact) mass is 304 g/mol. The van der Waals surface area contributed by atoms with E-state index in [0.29, 0.717) is 24.3 Å². The molecule has 1 spiro atoms. The molecule has 0 unspecified atom stereocenters. The highest BCUT2D eigenvalue weighted by molar-refractivity contribution is 6.07. The lowest BCUT2D eigenvalue weighted by Gasteiger charge is -2.31. The zero-order valence-electron chi connectivity index (χ0n) is 12.3. The second kappa shape index (κ2) is 5.84. The molecule has 0 atom stereocenters. The van der Waals surface area contributed by atoms with Gasteiger partial charge in [0.25, 0.3) is 5.91 Å². The van der Waals surface area contributed by atoms with Crippen molar-refractivity contribution in [2.24, 2.45) is 0 Å². The number of hydrogen-bond donors (Lipinski definition) is 3. The summed E-state index contributed by atoms with van der Waals surface area (Å²) in [5.41, 5.74) is 5.55. The van der Waals surface area contributed by atoms with Crippen LogP contribution in [0.1, 0.15) is 12.8 Å². The molecule has 4 N–H and O–H groups in total. The van der Waals surface area contributed by atoms with Gasteiger partial charge < -0.3 is 21.1 Å². The van der Waals surface area contributed by atoms with E-state index < -0.39 is 5.54 Å². The fourth-order valence-electron chi connectivity index (χ4n) is 2.89. The predicted octanol–water partition coefficient (Wildman–Crippen LogP) is 0.322. The average Bonchev–Trinajstić information content (AvgIpc) is 2.74. The van der Waals surface area contributed by atoms with Crippen molar-refractivity contribution in [3.05, 3.63) is 24.3 Å². The van der Waals surface area contributed by atoms with Gasteiger partial charge in [0, 0.05) is 5.69 Å². The molecule has 1 aromatic carbocycles. The molecule has 3 amide bonds. The van der Waals surface area contributed by atoms with Crippen molar-refractivity contribution in [3.63, 3.8) is 0 Å². The molecule has 3 rings (SSSR count). The van der Waals surface area contributed by atoms with Crippen LogP contribution in [0, 0.1) is 0 Å². The van der Waals surface area contributed by atoms with Gasteiger partial charge in [0.15, 0.2) is 0 Å². The Hall–Kier alpha value is -2.28. The van der Waals surface area contributed by atoms with Crippen LogP contribution >= 0.6 is 0 Å². The molecule has 7 heteroatoms. The van der Waals surface area contributed by atoms with Crippen molar-refractivity contribution < 1.29 is 14.3 Å². The van der Waals surface area contributed by atoms with Crippen LogP contribution in [0.15, 0.2) is 24.3 Å². The smallest absolute Gasteiger partial charge is 0.325 e. The van der Waals surface area contributed by atoms with E-state index in [4.69, 9.17) is 10.5 Å². The second-order valence-corrected chi connectivity index (χ2v) is 5.64. The number of nitrogens with two attached hydrogens (primary N) is 1. The third-order valence-corrected chi connectivity index (χ3v) is 4.17. The van der Waals surface area contributed by atoms with Crippen LogP contribution in [0.2, 0.25) is 0 Å². The molecule has 22 heavy (non-hydrogen) atoms. The lowest BCUT2D eigenvalue weighted by Crippen LogP contribution is -2.54. The first-order chi connectivity index (χ1) is 10.6. The molecule has 0 aliphatic carbocycles. The van der Waals surface area contributed by atoms with Crippen molar-refractivity contribution in [2.75, 3.05) is 32.0 Å². The number of nitrogen functional groups attached to an aromatic ring is 1. The number of imide groups is 1. The predicted molar refractivity (Wildman–Crippen MR) is 81.4 cm³/mol. The number of carbonyl (C=O) groups is 2. The highest BCUT2D eigenvalue weighted by Gasteiger charge is 2.51. The summed E-state index contributed by atoms with van der Waals surface area (Å²) in [6.07, 6.45) is 1.26. The number of amides is 3. The van der Waals surface area contributed by atoms with Gasteiger partial charge >= 0.3 is 6.03 Å². The van der Waals surface area contributed by atoms with Crippen LogP contribution < -0.4 is 21.1 Å². The van der Waals surface area contributed by atoms with Crippen molar-refractivity contribution in [1.29, 1.82) is 0 Å². The standard InChI is InChI=1S/C15H20N4O3/c16-11-1-3-12(4-2-11)22-10-9-19-13(20)15(18-14(19)21)5-7-17-8-6-15/h1-4,17H,5-10,16H2,(H,18,21). The van der Waals surface area contributed by atoms with Gasteiger partial charge in [-0.25, -0.2) is 4.79 Å². The molecule has 0 radical (unpaired) electrons. The zero-order valence-corrected chi connectivity index (χ0v) is 12.3. The Kier molecular flexibility index (Phi) is 3.89. The summed E-state index contributed by atoms with van der Waals surface area (Å²) in [4.78, 5) is 25.8. The number of benzene rings is 1. The molecule has 2 fully saturated rings. The van der Waals surface area contributed by atoms with Crippen LogP contribution in [-0.4, -0.2) is 48.6 Å². The maximum absolute atomic E-state index is 12.5. The van der Waals surface area contributed by atoms with Crippen LogP contribution in [0.4, 0.5) is 10.5 Å². The fraction of sp³-hybridized carbons (Fsp3) is 0.467. The number of urea groups is 1. The first-order valence-corrected chi connectivity index (χ1v) is 7.44. The molecule has 0 saturated carbocycles. The number of anilines is 1. The minimum Gasteiger partial charge on any atom is -0.492 e. The minimum absolute atomic E-state index is 0.139. The first kappa shape index (κ1) is 14.6. The van der Waals surface area contributed by atoms with E-state index in [2.05, 4.69) is 10.6 Å². The molecule has 0 bridgehead atoms. The van der Waals surface area contributed by atoms with E-state index in [1.165, 1.54) is 4.90 Å².